The highest BCUT2D eigenvalue weighted by Crippen LogP contribution is 2.47. The molecular formula is C15H18O3S. The molecule has 1 atom stereocenters. The first-order valence-electron chi connectivity index (χ1n) is 6.69. The number of ketones is 1. The summed E-state index contributed by atoms with van der Waals surface area (Å²) in [5.74, 6) is 1.85. The average molecular weight is 278 g/mol. The van der Waals surface area contributed by atoms with E-state index in [9.17, 15) is 4.79 Å². The summed E-state index contributed by atoms with van der Waals surface area (Å²) in [5.41, 5.74) is 0.991. The number of carbonyl (C=O) groups excluding carboxylic acids is 1. The highest BCUT2D eigenvalue weighted by Gasteiger charge is 2.40. The smallest absolute Gasteiger partial charge is 0.231 e. The number of carbonyl (C=O) groups is 1. The molecule has 0 saturated heterocycles. The maximum Gasteiger partial charge on any atom is 0.231 e. The minimum absolute atomic E-state index is 0.0745. The van der Waals surface area contributed by atoms with Gasteiger partial charge in [0.1, 0.15) is 5.78 Å². The number of fused-ring (bicyclic) bond motifs is 1. The van der Waals surface area contributed by atoms with Crippen molar-refractivity contribution in [2.75, 3.05) is 6.79 Å². The van der Waals surface area contributed by atoms with E-state index in [1.165, 1.54) is 0 Å². The molecule has 1 aliphatic heterocycles. The van der Waals surface area contributed by atoms with Crippen molar-refractivity contribution in [3.05, 3.63) is 23.8 Å². The zero-order valence-electron chi connectivity index (χ0n) is 11.0. The third-order valence-electron chi connectivity index (χ3n) is 3.88. The highest BCUT2D eigenvalue weighted by molar-refractivity contribution is 7.82. The van der Waals surface area contributed by atoms with Crippen LogP contribution in [-0.2, 0) is 11.2 Å². The van der Waals surface area contributed by atoms with E-state index < -0.39 is 0 Å². The second-order valence-electron chi connectivity index (χ2n) is 5.66. The summed E-state index contributed by atoms with van der Waals surface area (Å²) in [5, 5.41) is 0. The number of benzene rings is 1. The summed E-state index contributed by atoms with van der Waals surface area (Å²) < 4.78 is 10.7. The number of Topliss-reactive ketones (excluding diaryl/α,β-unsaturated/α-hetero) is 1. The van der Waals surface area contributed by atoms with Gasteiger partial charge in [0, 0.05) is 17.1 Å². The lowest BCUT2D eigenvalue weighted by molar-refractivity contribution is -0.121. The molecule has 19 heavy (non-hydrogen) atoms. The minimum Gasteiger partial charge on any atom is -0.454 e. The lowest BCUT2D eigenvalue weighted by Crippen LogP contribution is -2.18. The van der Waals surface area contributed by atoms with Crippen LogP contribution in [0.3, 0.4) is 0 Å². The van der Waals surface area contributed by atoms with Crippen LogP contribution < -0.4 is 9.47 Å². The Morgan fingerprint density at radius 1 is 1.37 bits per heavy atom. The van der Waals surface area contributed by atoms with E-state index in [2.05, 4.69) is 12.6 Å². The van der Waals surface area contributed by atoms with E-state index >= 15 is 0 Å². The number of ether oxygens (including phenoxy) is 2. The minimum atomic E-state index is 0.0745. The summed E-state index contributed by atoms with van der Waals surface area (Å²) in [6.07, 6.45) is 3.62. The monoisotopic (exact) mass is 278 g/mol. The Bertz CT molecular complexity index is 508. The summed E-state index contributed by atoms with van der Waals surface area (Å²) >= 11 is 4.59. The van der Waals surface area contributed by atoms with Crippen molar-refractivity contribution in [3.8, 4) is 11.5 Å². The van der Waals surface area contributed by atoms with E-state index in [0.29, 0.717) is 6.42 Å². The van der Waals surface area contributed by atoms with Crippen LogP contribution in [0.15, 0.2) is 18.2 Å². The van der Waals surface area contributed by atoms with Gasteiger partial charge in [0.2, 0.25) is 6.79 Å². The molecule has 102 valence electrons. The Morgan fingerprint density at radius 3 is 2.84 bits per heavy atom. The summed E-state index contributed by atoms with van der Waals surface area (Å²) in [7, 11) is 0. The molecule has 0 amide bonds. The standard InChI is InChI=1S/C15H18O3S/c1-10(8-15(19)4-5-15)12(16)6-11-2-3-13-14(7-11)18-9-17-13/h2-3,7,10,19H,4-6,8-9H2,1H3. The van der Waals surface area contributed by atoms with E-state index in [-0.39, 0.29) is 23.2 Å². The first-order valence-corrected chi connectivity index (χ1v) is 7.14. The third kappa shape index (κ3) is 2.89. The van der Waals surface area contributed by atoms with Gasteiger partial charge >= 0.3 is 0 Å². The van der Waals surface area contributed by atoms with Gasteiger partial charge in [0.25, 0.3) is 0 Å². The van der Waals surface area contributed by atoms with Gasteiger partial charge in [0.05, 0.1) is 0 Å². The first kappa shape index (κ1) is 12.9. The van der Waals surface area contributed by atoms with E-state index in [4.69, 9.17) is 9.47 Å². The predicted octanol–water partition coefficient (Wildman–Crippen LogP) is 3.02. The molecular weight excluding hydrogens is 260 g/mol. The molecule has 1 unspecified atom stereocenters. The molecule has 0 bridgehead atoms. The molecule has 4 heteroatoms. The van der Waals surface area contributed by atoms with Crippen LogP contribution in [0.4, 0.5) is 0 Å². The summed E-state index contributed by atoms with van der Waals surface area (Å²) in [4.78, 5) is 12.2. The highest BCUT2D eigenvalue weighted by atomic mass is 32.1. The van der Waals surface area contributed by atoms with Crippen LogP contribution in [0.1, 0.15) is 31.7 Å². The van der Waals surface area contributed by atoms with Crippen molar-refractivity contribution in [2.24, 2.45) is 5.92 Å². The Morgan fingerprint density at radius 2 is 2.11 bits per heavy atom. The zero-order chi connectivity index (χ0) is 13.5. The topological polar surface area (TPSA) is 35.5 Å². The van der Waals surface area contributed by atoms with Crippen LogP contribution in [-0.4, -0.2) is 17.3 Å². The fourth-order valence-corrected chi connectivity index (χ4v) is 2.84. The van der Waals surface area contributed by atoms with Crippen LogP contribution in [0.25, 0.3) is 0 Å². The Balaban J connectivity index is 1.62. The van der Waals surface area contributed by atoms with Crippen LogP contribution in [0, 0.1) is 5.92 Å². The van der Waals surface area contributed by atoms with Crippen LogP contribution in [0.5, 0.6) is 11.5 Å². The van der Waals surface area contributed by atoms with Gasteiger partial charge < -0.3 is 9.47 Å². The van der Waals surface area contributed by atoms with Gasteiger partial charge in [-0.1, -0.05) is 13.0 Å². The number of hydrogen-bond acceptors (Lipinski definition) is 4. The summed E-state index contributed by atoms with van der Waals surface area (Å²) in [6.45, 7) is 2.27. The molecule has 1 fully saturated rings. The number of thiol groups is 1. The van der Waals surface area contributed by atoms with Crippen molar-refractivity contribution in [2.45, 2.75) is 37.4 Å². The average Bonchev–Trinajstić information content (AvgIpc) is 2.91. The first-order chi connectivity index (χ1) is 9.06. The van der Waals surface area contributed by atoms with Gasteiger partial charge in [0.15, 0.2) is 11.5 Å². The van der Waals surface area contributed by atoms with Crippen molar-refractivity contribution in [1.29, 1.82) is 0 Å². The fourth-order valence-electron chi connectivity index (χ4n) is 2.46. The van der Waals surface area contributed by atoms with Gasteiger partial charge in [-0.2, -0.15) is 12.6 Å². The predicted molar refractivity (Wildman–Crippen MR) is 76.0 cm³/mol. The second kappa shape index (κ2) is 4.75. The lowest BCUT2D eigenvalue weighted by Gasteiger charge is -2.14. The zero-order valence-corrected chi connectivity index (χ0v) is 11.9. The largest absolute Gasteiger partial charge is 0.454 e. The number of hydrogen-bond donors (Lipinski definition) is 1. The van der Waals surface area contributed by atoms with E-state index in [1.54, 1.807) is 0 Å². The SMILES string of the molecule is CC(CC1(S)CC1)C(=O)Cc1ccc2c(c1)OCO2. The molecule has 2 aliphatic rings. The molecule has 0 radical (unpaired) electrons. The molecule has 0 N–H and O–H groups in total. The maximum atomic E-state index is 12.2. The summed E-state index contributed by atoms with van der Waals surface area (Å²) in [6, 6.07) is 5.71. The van der Waals surface area contributed by atoms with E-state index in [1.807, 2.05) is 25.1 Å². The van der Waals surface area contributed by atoms with Crippen molar-refractivity contribution in [3.63, 3.8) is 0 Å². The van der Waals surface area contributed by atoms with Crippen molar-refractivity contribution < 1.29 is 14.3 Å². The quantitative estimate of drug-likeness (QED) is 0.841. The fraction of sp³-hybridized carbons (Fsp3) is 0.533. The normalized spacial score (nSPS) is 20.1. The van der Waals surface area contributed by atoms with Gasteiger partial charge in [-0.25, -0.2) is 0 Å². The van der Waals surface area contributed by atoms with Gasteiger partial charge in [-0.05, 0) is 37.0 Å². The molecule has 1 heterocycles. The molecule has 0 spiro atoms. The Hall–Kier alpha value is -1.16. The molecule has 3 nitrogen and oxygen atoms in total. The molecule has 1 saturated carbocycles. The van der Waals surface area contributed by atoms with Crippen LogP contribution >= 0.6 is 12.6 Å². The Labute approximate surface area is 118 Å². The molecule has 1 aromatic rings. The third-order valence-corrected chi connectivity index (χ3v) is 4.51. The van der Waals surface area contributed by atoms with E-state index in [0.717, 1.165) is 36.3 Å². The van der Waals surface area contributed by atoms with Gasteiger partial charge in [-0.3, -0.25) is 4.79 Å². The Kier molecular flexibility index (Phi) is 3.21. The molecule has 3 rings (SSSR count). The van der Waals surface area contributed by atoms with Crippen molar-refractivity contribution >= 4 is 18.4 Å². The number of rotatable bonds is 5. The molecule has 1 aliphatic carbocycles. The van der Waals surface area contributed by atoms with Crippen LogP contribution in [0.2, 0.25) is 0 Å². The second-order valence-corrected chi connectivity index (χ2v) is 6.61. The lowest BCUT2D eigenvalue weighted by atomic mass is 9.94. The maximum absolute atomic E-state index is 12.2. The molecule has 0 aromatic heterocycles. The van der Waals surface area contributed by atoms with Crippen molar-refractivity contribution in [1.82, 2.24) is 0 Å². The van der Waals surface area contributed by atoms with Gasteiger partial charge in [-0.15, -0.1) is 0 Å². The molecule has 1 aromatic carbocycles.